The highest BCUT2D eigenvalue weighted by molar-refractivity contribution is 5.89. The molecule has 0 aromatic carbocycles. The van der Waals surface area contributed by atoms with Crippen LogP contribution in [0.4, 0.5) is 10.5 Å². The third kappa shape index (κ3) is 5.30. The summed E-state index contributed by atoms with van der Waals surface area (Å²) >= 11 is 0. The minimum Gasteiger partial charge on any atom is -0.481 e. The molecule has 18 heavy (non-hydrogen) atoms. The smallest absolute Gasteiger partial charge is 0.319 e. The minimum absolute atomic E-state index is 0.0823. The monoisotopic (exact) mass is 256 g/mol. The van der Waals surface area contributed by atoms with Gasteiger partial charge in [0.2, 0.25) is 0 Å². The van der Waals surface area contributed by atoms with E-state index in [1.54, 1.807) is 18.0 Å². The van der Waals surface area contributed by atoms with Crippen LogP contribution in [0.1, 0.15) is 6.42 Å². The number of aliphatic carboxylic acids is 1. The first-order chi connectivity index (χ1) is 8.61. The molecule has 3 N–H and O–H groups in total. The van der Waals surface area contributed by atoms with E-state index in [1.807, 2.05) is 0 Å². The average Bonchev–Trinajstić information content (AvgIpc) is 2.73. The molecule has 100 valence electrons. The van der Waals surface area contributed by atoms with Gasteiger partial charge in [0.05, 0.1) is 31.5 Å². The van der Waals surface area contributed by atoms with E-state index in [1.165, 1.54) is 6.20 Å². The number of ether oxygens (including phenoxy) is 1. The van der Waals surface area contributed by atoms with Crippen LogP contribution in [0.2, 0.25) is 0 Å². The maximum Gasteiger partial charge on any atom is 0.319 e. The van der Waals surface area contributed by atoms with E-state index >= 15 is 0 Å². The number of urea groups is 1. The van der Waals surface area contributed by atoms with Crippen molar-refractivity contribution in [2.45, 2.75) is 13.0 Å². The van der Waals surface area contributed by atoms with Gasteiger partial charge in [-0.3, -0.25) is 9.48 Å². The van der Waals surface area contributed by atoms with E-state index in [2.05, 4.69) is 15.7 Å². The first-order valence-electron chi connectivity index (χ1n) is 5.40. The molecule has 1 aromatic rings. The normalized spacial score (nSPS) is 10.1. The molecule has 0 saturated carbocycles. The highest BCUT2D eigenvalue weighted by atomic mass is 16.5. The Balaban J connectivity index is 2.30. The van der Waals surface area contributed by atoms with Crippen LogP contribution >= 0.6 is 0 Å². The molecule has 1 rings (SSSR count). The maximum atomic E-state index is 11.3. The van der Waals surface area contributed by atoms with Gasteiger partial charge in [0.25, 0.3) is 0 Å². The summed E-state index contributed by atoms with van der Waals surface area (Å²) in [5.41, 5.74) is 0.541. The third-order valence-electron chi connectivity index (χ3n) is 2.04. The maximum absolute atomic E-state index is 11.3. The number of aromatic nitrogens is 2. The molecule has 0 radical (unpaired) electrons. The van der Waals surface area contributed by atoms with Crippen LogP contribution in [-0.4, -0.2) is 47.1 Å². The Kier molecular flexibility index (Phi) is 5.65. The number of methoxy groups -OCH3 is 1. The number of nitrogens with zero attached hydrogens (tertiary/aromatic N) is 2. The van der Waals surface area contributed by atoms with E-state index in [4.69, 9.17) is 9.84 Å². The van der Waals surface area contributed by atoms with Gasteiger partial charge >= 0.3 is 12.0 Å². The molecule has 8 heteroatoms. The lowest BCUT2D eigenvalue weighted by Gasteiger charge is -2.03. The number of amides is 2. The lowest BCUT2D eigenvalue weighted by atomic mass is 10.4. The van der Waals surface area contributed by atoms with Gasteiger partial charge in [-0.15, -0.1) is 0 Å². The quantitative estimate of drug-likeness (QED) is 0.642. The van der Waals surface area contributed by atoms with Crippen molar-refractivity contribution in [2.75, 3.05) is 25.6 Å². The van der Waals surface area contributed by atoms with Gasteiger partial charge < -0.3 is 20.5 Å². The number of nitrogens with one attached hydrogen (secondary N) is 2. The largest absolute Gasteiger partial charge is 0.481 e. The van der Waals surface area contributed by atoms with Crippen LogP contribution in [0.25, 0.3) is 0 Å². The Morgan fingerprint density at radius 1 is 1.56 bits per heavy atom. The first-order valence-corrected chi connectivity index (χ1v) is 5.40. The zero-order chi connectivity index (χ0) is 13.4. The Morgan fingerprint density at radius 2 is 2.33 bits per heavy atom. The second-order valence-electron chi connectivity index (χ2n) is 3.51. The number of hydrogen-bond acceptors (Lipinski definition) is 4. The number of anilines is 1. The Labute approximate surface area is 104 Å². The number of carboxylic acids is 1. The average molecular weight is 256 g/mol. The van der Waals surface area contributed by atoms with Crippen LogP contribution in [0.3, 0.4) is 0 Å². The van der Waals surface area contributed by atoms with Gasteiger partial charge in [0.1, 0.15) is 0 Å². The zero-order valence-electron chi connectivity index (χ0n) is 10.0. The summed E-state index contributed by atoms with van der Waals surface area (Å²) < 4.78 is 6.53. The summed E-state index contributed by atoms with van der Waals surface area (Å²) in [6.45, 7) is 1.21. The molecular formula is C10H16N4O4. The topological polar surface area (TPSA) is 105 Å². The van der Waals surface area contributed by atoms with E-state index in [0.29, 0.717) is 18.8 Å². The van der Waals surface area contributed by atoms with Gasteiger partial charge in [-0.25, -0.2) is 4.79 Å². The molecule has 8 nitrogen and oxygen atoms in total. The van der Waals surface area contributed by atoms with Crippen molar-refractivity contribution in [2.24, 2.45) is 0 Å². The number of hydrogen-bond donors (Lipinski definition) is 3. The summed E-state index contributed by atoms with van der Waals surface area (Å²) in [5.74, 6) is -0.956. The second-order valence-corrected chi connectivity index (χ2v) is 3.51. The van der Waals surface area contributed by atoms with Gasteiger partial charge in [-0.05, 0) is 0 Å². The summed E-state index contributed by atoms with van der Waals surface area (Å²) in [6.07, 6.45) is 3.06. The molecule has 0 fully saturated rings. The molecule has 0 saturated heterocycles. The molecule has 0 spiro atoms. The van der Waals surface area contributed by atoms with Crippen LogP contribution in [-0.2, 0) is 16.1 Å². The van der Waals surface area contributed by atoms with Crippen LogP contribution in [0, 0.1) is 0 Å². The van der Waals surface area contributed by atoms with Crippen LogP contribution in [0.5, 0.6) is 0 Å². The molecule has 0 aliphatic heterocycles. The molecule has 0 bridgehead atoms. The third-order valence-corrected chi connectivity index (χ3v) is 2.04. The van der Waals surface area contributed by atoms with Crippen molar-refractivity contribution in [3.8, 4) is 0 Å². The second kappa shape index (κ2) is 7.28. The first kappa shape index (κ1) is 14.0. The van der Waals surface area contributed by atoms with Crippen molar-refractivity contribution < 1.29 is 19.4 Å². The lowest BCUT2D eigenvalue weighted by Crippen LogP contribution is -2.30. The van der Waals surface area contributed by atoms with Gasteiger partial charge in [-0.2, -0.15) is 5.10 Å². The fraction of sp³-hybridized carbons (Fsp3) is 0.500. The Bertz CT molecular complexity index is 404. The predicted molar refractivity (Wildman–Crippen MR) is 63.4 cm³/mol. The molecule has 0 aliphatic rings. The van der Waals surface area contributed by atoms with E-state index in [-0.39, 0.29) is 13.0 Å². The molecule has 2 amide bonds. The fourth-order valence-electron chi connectivity index (χ4n) is 1.19. The molecular weight excluding hydrogens is 240 g/mol. The number of carboxylic acid groups (broad SMARTS) is 1. The lowest BCUT2D eigenvalue weighted by molar-refractivity contribution is -0.136. The standard InChI is InChI=1S/C10H16N4O4/c1-18-5-4-14-7-8(6-12-14)13-10(17)11-3-2-9(15)16/h6-7H,2-5H2,1H3,(H,15,16)(H2,11,13,17). The van der Waals surface area contributed by atoms with Crippen molar-refractivity contribution >= 4 is 17.7 Å². The van der Waals surface area contributed by atoms with Crippen molar-refractivity contribution in [1.82, 2.24) is 15.1 Å². The van der Waals surface area contributed by atoms with Crippen molar-refractivity contribution in [3.63, 3.8) is 0 Å². The molecule has 1 heterocycles. The predicted octanol–water partition coefficient (Wildman–Crippen LogP) is 0.126. The van der Waals surface area contributed by atoms with Crippen molar-refractivity contribution in [1.29, 1.82) is 0 Å². The SMILES string of the molecule is COCCn1cc(NC(=O)NCCC(=O)O)cn1. The summed E-state index contributed by atoms with van der Waals surface area (Å²) in [6, 6.07) is -0.456. The Morgan fingerprint density at radius 3 is 3.00 bits per heavy atom. The van der Waals surface area contributed by atoms with Gasteiger partial charge in [0.15, 0.2) is 0 Å². The van der Waals surface area contributed by atoms with Crippen molar-refractivity contribution in [3.05, 3.63) is 12.4 Å². The van der Waals surface area contributed by atoms with Crippen LogP contribution in [0.15, 0.2) is 12.4 Å². The number of carbonyl (C=O) groups excluding carboxylic acids is 1. The van der Waals surface area contributed by atoms with E-state index in [0.717, 1.165) is 0 Å². The summed E-state index contributed by atoms with van der Waals surface area (Å²) in [4.78, 5) is 21.6. The summed E-state index contributed by atoms with van der Waals surface area (Å²) in [5, 5.41) is 17.4. The van der Waals surface area contributed by atoms with Crippen LogP contribution < -0.4 is 10.6 Å². The highest BCUT2D eigenvalue weighted by Gasteiger charge is 2.04. The minimum atomic E-state index is -0.956. The number of rotatable bonds is 7. The van der Waals surface area contributed by atoms with Gasteiger partial charge in [0, 0.05) is 19.9 Å². The molecule has 0 unspecified atom stereocenters. The zero-order valence-corrected chi connectivity index (χ0v) is 10.0. The van der Waals surface area contributed by atoms with E-state index in [9.17, 15) is 9.59 Å². The fourth-order valence-corrected chi connectivity index (χ4v) is 1.19. The molecule has 0 aliphatic carbocycles. The van der Waals surface area contributed by atoms with E-state index < -0.39 is 12.0 Å². The Hall–Kier alpha value is -2.09. The molecule has 1 aromatic heterocycles. The molecule has 0 atom stereocenters. The highest BCUT2D eigenvalue weighted by Crippen LogP contribution is 2.04. The van der Waals surface area contributed by atoms with Gasteiger partial charge in [-0.1, -0.05) is 0 Å². The summed E-state index contributed by atoms with van der Waals surface area (Å²) in [7, 11) is 1.60. The number of carbonyl (C=O) groups is 2.